The second-order valence-corrected chi connectivity index (χ2v) is 14.8. The summed E-state index contributed by atoms with van der Waals surface area (Å²) >= 11 is 6.43. The van der Waals surface area contributed by atoms with E-state index in [0.717, 1.165) is 80.9 Å². The van der Waals surface area contributed by atoms with Crippen molar-refractivity contribution in [2.75, 3.05) is 37.8 Å². The first-order valence-electron chi connectivity index (χ1n) is 17.1. The topological polar surface area (TPSA) is 94.2 Å². The van der Waals surface area contributed by atoms with Crippen LogP contribution in [0.5, 0.6) is 5.75 Å². The van der Waals surface area contributed by atoms with Crippen molar-refractivity contribution in [3.05, 3.63) is 58.1 Å². The smallest absolute Gasteiger partial charge is 0.332 e. The van der Waals surface area contributed by atoms with E-state index in [0.29, 0.717) is 37.0 Å². The number of anilines is 1. The van der Waals surface area contributed by atoms with Crippen molar-refractivity contribution >= 4 is 40.2 Å². The molecule has 0 spiro atoms. The van der Waals surface area contributed by atoms with E-state index in [9.17, 15) is 13.8 Å². The van der Waals surface area contributed by atoms with Gasteiger partial charge in [0.25, 0.3) is 5.91 Å². The Kier molecular flexibility index (Phi) is 12.4. The van der Waals surface area contributed by atoms with Crippen molar-refractivity contribution in [2.24, 2.45) is 11.8 Å². The van der Waals surface area contributed by atoms with Gasteiger partial charge in [-0.3, -0.25) is 9.52 Å². The second-order valence-electron chi connectivity index (χ2n) is 12.9. The summed E-state index contributed by atoms with van der Waals surface area (Å²) in [6.45, 7) is 8.29. The van der Waals surface area contributed by atoms with Gasteiger partial charge in [0.05, 0.1) is 30.3 Å². The summed E-state index contributed by atoms with van der Waals surface area (Å²) < 4.78 is 34.0. The number of aryl methyl sites for hydroxylation is 1. The van der Waals surface area contributed by atoms with Crippen molar-refractivity contribution in [3.63, 3.8) is 0 Å². The van der Waals surface area contributed by atoms with Crippen LogP contribution in [0.1, 0.15) is 99.5 Å². The Morgan fingerprint density at radius 2 is 1.89 bits per heavy atom. The average Bonchev–Trinajstić information content (AvgIpc) is 3.20. The first-order chi connectivity index (χ1) is 22.3. The summed E-state index contributed by atoms with van der Waals surface area (Å²) in [6, 6.07) is 11.7. The van der Waals surface area contributed by atoms with E-state index >= 15 is 0 Å². The zero-order valence-electron chi connectivity index (χ0n) is 27.4. The molecule has 252 valence electrons. The van der Waals surface area contributed by atoms with Gasteiger partial charge in [-0.15, -0.1) is 0 Å². The number of nitrogens with one attached hydrogen (secondary N) is 1. The summed E-state index contributed by atoms with van der Waals surface area (Å²) in [5.74, 6) is 0.848. The molecule has 2 heterocycles. The van der Waals surface area contributed by atoms with E-state index in [1.165, 1.54) is 11.1 Å². The van der Waals surface area contributed by atoms with Crippen LogP contribution in [0.3, 0.4) is 0 Å². The summed E-state index contributed by atoms with van der Waals surface area (Å²) in [6.07, 6.45) is 8.07. The highest BCUT2D eigenvalue weighted by atomic mass is 35.5. The number of ether oxygens (including phenoxy) is 3. The van der Waals surface area contributed by atoms with Crippen LogP contribution in [0.15, 0.2) is 36.4 Å². The fraction of sp³-hybridized carbons (Fsp3) is 0.611. The van der Waals surface area contributed by atoms with Gasteiger partial charge >= 0.3 is 5.97 Å². The van der Waals surface area contributed by atoms with E-state index in [-0.39, 0.29) is 35.8 Å². The van der Waals surface area contributed by atoms with Crippen molar-refractivity contribution < 1.29 is 28.0 Å². The fourth-order valence-corrected chi connectivity index (χ4v) is 8.61. The third-order valence-electron chi connectivity index (χ3n) is 9.85. The highest BCUT2D eigenvalue weighted by molar-refractivity contribution is 7.84. The van der Waals surface area contributed by atoms with Gasteiger partial charge in [0, 0.05) is 29.6 Å². The first kappa shape index (κ1) is 34.7. The quantitative estimate of drug-likeness (QED) is 0.302. The number of carbonyl (C=O) groups is 2. The maximum atomic E-state index is 13.4. The molecular formula is C36H49ClN2O6S. The molecular weight excluding hydrogens is 624 g/mol. The van der Waals surface area contributed by atoms with E-state index in [2.05, 4.69) is 28.7 Å². The molecule has 2 bridgehead atoms. The van der Waals surface area contributed by atoms with Gasteiger partial charge < -0.3 is 19.1 Å². The Balaban J connectivity index is 1.49. The standard InChI is InChI=1S/C36H49ClN2O6S/c1-4-9-24-18-28(37)14-16-30(24)27-21-39-20-26-12-15-31(26)33(45-23-35(40)43-6-3)11-8-7-10-29(5-2)46(42)38-36(41)25-13-17-34(44-22-27)32(39)19-25/h13-14,16-19,26-27,29,31,33H,4-12,15,20-23H2,1-3H3,(H,38,41). The molecule has 3 aliphatic rings. The SMILES string of the molecule is CCCc1cc(Cl)ccc1C1COc2ccc3cc2N(C1)CC1CCC1C(OCC(=O)OCC)CCCCC(CC)S(=O)NC3=O. The monoisotopic (exact) mass is 672 g/mol. The number of hydrogen-bond donors (Lipinski definition) is 1. The van der Waals surface area contributed by atoms with Crippen LogP contribution in [0.4, 0.5) is 5.69 Å². The molecule has 0 radical (unpaired) electrons. The molecule has 5 rings (SSSR count). The molecule has 6 unspecified atom stereocenters. The lowest BCUT2D eigenvalue weighted by molar-refractivity contribution is -0.154. The number of rotatable bonds is 8. The van der Waals surface area contributed by atoms with Gasteiger partial charge in [0.1, 0.15) is 23.3 Å². The minimum absolute atomic E-state index is 0.0437. The third-order valence-corrected chi connectivity index (χ3v) is 11.6. The predicted molar refractivity (Wildman–Crippen MR) is 183 cm³/mol. The number of amides is 1. The van der Waals surface area contributed by atoms with Crippen LogP contribution < -0.4 is 14.4 Å². The van der Waals surface area contributed by atoms with Gasteiger partial charge in [0.2, 0.25) is 0 Å². The van der Waals surface area contributed by atoms with Gasteiger partial charge in [-0.1, -0.05) is 50.8 Å². The van der Waals surface area contributed by atoms with Crippen molar-refractivity contribution in [2.45, 2.75) is 95.8 Å². The third kappa shape index (κ3) is 8.45. The normalized spacial score (nSPS) is 27.0. The van der Waals surface area contributed by atoms with Crippen molar-refractivity contribution in [3.8, 4) is 5.75 Å². The number of nitrogens with zero attached hydrogens (tertiary/aromatic N) is 1. The van der Waals surface area contributed by atoms with Crippen LogP contribution in [-0.2, 0) is 31.7 Å². The number of fused-ring (bicyclic) bond motifs is 2. The minimum atomic E-state index is -1.50. The Morgan fingerprint density at radius 1 is 1.07 bits per heavy atom. The lowest BCUT2D eigenvalue weighted by atomic mass is 9.69. The average molecular weight is 673 g/mol. The van der Waals surface area contributed by atoms with E-state index < -0.39 is 11.0 Å². The van der Waals surface area contributed by atoms with Crippen molar-refractivity contribution in [1.82, 2.24) is 4.72 Å². The predicted octanol–water partition coefficient (Wildman–Crippen LogP) is 7.00. The molecule has 1 aliphatic carbocycles. The molecule has 2 aromatic rings. The Morgan fingerprint density at radius 3 is 2.63 bits per heavy atom. The van der Waals surface area contributed by atoms with E-state index in [4.69, 9.17) is 25.8 Å². The molecule has 0 aromatic heterocycles. The van der Waals surface area contributed by atoms with Crippen LogP contribution in [-0.4, -0.2) is 60.3 Å². The largest absolute Gasteiger partial charge is 0.491 e. The van der Waals surface area contributed by atoms with Crippen LogP contribution in [0.25, 0.3) is 0 Å². The maximum Gasteiger partial charge on any atom is 0.332 e. The summed E-state index contributed by atoms with van der Waals surface area (Å²) in [5.41, 5.74) is 3.83. The van der Waals surface area contributed by atoms with Gasteiger partial charge in [-0.05, 0) is 98.7 Å². The van der Waals surface area contributed by atoms with Crippen LogP contribution in [0, 0.1) is 11.8 Å². The highest BCUT2D eigenvalue weighted by Crippen LogP contribution is 2.44. The minimum Gasteiger partial charge on any atom is -0.491 e. The van der Waals surface area contributed by atoms with Crippen LogP contribution >= 0.6 is 11.6 Å². The lowest BCUT2D eigenvalue weighted by Gasteiger charge is -2.44. The lowest BCUT2D eigenvalue weighted by Crippen LogP contribution is -2.45. The maximum absolute atomic E-state index is 13.4. The second kappa shape index (κ2) is 16.5. The summed E-state index contributed by atoms with van der Waals surface area (Å²) in [4.78, 5) is 28.0. The van der Waals surface area contributed by atoms with E-state index in [1.807, 2.05) is 25.1 Å². The van der Waals surface area contributed by atoms with Crippen LogP contribution in [0.2, 0.25) is 5.02 Å². The number of esters is 1. The number of hydrogen-bond acceptors (Lipinski definition) is 7. The zero-order chi connectivity index (χ0) is 32.6. The number of carbonyl (C=O) groups excluding carboxylic acids is 2. The molecule has 10 heteroatoms. The number of halogens is 1. The fourth-order valence-electron chi connectivity index (χ4n) is 7.26. The Bertz CT molecular complexity index is 1390. The Labute approximate surface area is 281 Å². The molecule has 1 N–H and O–H groups in total. The van der Waals surface area contributed by atoms with Gasteiger partial charge in [-0.2, -0.15) is 0 Å². The Hall–Kier alpha value is -2.62. The molecule has 1 saturated carbocycles. The number of benzene rings is 2. The van der Waals surface area contributed by atoms with Crippen molar-refractivity contribution in [1.29, 1.82) is 0 Å². The van der Waals surface area contributed by atoms with Gasteiger partial charge in [0.15, 0.2) is 0 Å². The molecule has 1 fully saturated rings. The zero-order valence-corrected chi connectivity index (χ0v) is 29.0. The first-order valence-corrected chi connectivity index (χ1v) is 18.7. The highest BCUT2D eigenvalue weighted by Gasteiger charge is 2.40. The van der Waals surface area contributed by atoms with E-state index in [1.54, 1.807) is 13.0 Å². The molecule has 6 atom stereocenters. The molecule has 0 saturated heterocycles. The molecule has 1 amide bonds. The summed E-state index contributed by atoms with van der Waals surface area (Å²) in [7, 11) is -1.50. The van der Waals surface area contributed by atoms with Gasteiger partial charge in [-0.25, -0.2) is 9.00 Å². The molecule has 46 heavy (non-hydrogen) atoms. The molecule has 2 aliphatic heterocycles. The summed E-state index contributed by atoms with van der Waals surface area (Å²) in [5, 5.41) is 0.602. The molecule has 2 aromatic carbocycles. The molecule has 8 nitrogen and oxygen atoms in total.